The molecule has 0 saturated heterocycles. The minimum Gasteiger partial charge on any atom is -0.354 e. The van der Waals surface area contributed by atoms with Gasteiger partial charge in [0.25, 0.3) is 0 Å². The van der Waals surface area contributed by atoms with Gasteiger partial charge >= 0.3 is 0 Å². The number of rotatable bonds is 9. The van der Waals surface area contributed by atoms with Crippen LogP contribution in [0.4, 0.5) is 5.69 Å². The number of nitrogens with one attached hydrogen (secondary N) is 1. The Bertz CT molecular complexity index is 875. The summed E-state index contributed by atoms with van der Waals surface area (Å²) in [6.45, 7) is 6.21. The Hall–Kier alpha value is -2.34. The first kappa shape index (κ1) is 22.0. The maximum Gasteiger partial charge on any atom is 0.243 e. The second-order valence-corrected chi connectivity index (χ2v) is 8.99. The van der Waals surface area contributed by atoms with E-state index < -0.39 is 16.1 Å². The molecule has 1 atom stereocenters. The van der Waals surface area contributed by atoms with Crippen molar-refractivity contribution in [1.29, 1.82) is 0 Å². The van der Waals surface area contributed by atoms with Crippen LogP contribution < -0.4 is 9.62 Å². The zero-order chi connectivity index (χ0) is 20.7. The molecule has 2 aromatic rings. The number of anilines is 1. The highest BCUT2D eigenvalue weighted by atomic mass is 32.2. The van der Waals surface area contributed by atoms with E-state index in [-0.39, 0.29) is 5.91 Å². The Balaban J connectivity index is 1.97. The summed E-state index contributed by atoms with van der Waals surface area (Å²) in [5.41, 5.74) is 4.06. The van der Waals surface area contributed by atoms with E-state index >= 15 is 0 Å². The fraction of sp³-hybridized carbons (Fsp3) is 0.409. The van der Waals surface area contributed by atoms with Gasteiger partial charge in [-0.1, -0.05) is 48.9 Å². The summed E-state index contributed by atoms with van der Waals surface area (Å²) in [5, 5.41) is 2.86. The minimum absolute atomic E-state index is 0.297. The molecule has 0 spiro atoms. The van der Waals surface area contributed by atoms with Gasteiger partial charge in [-0.3, -0.25) is 9.10 Å². The molecule has 6 heteroatoms. The van der Waals surface area contributed by atoms with Gasteiger partial charge in [-0.05, 0) is 56.4 Å². The van der Waals surface area contributed by atoms with Gasteiger partial charge in [-0.15, -0.1) is 0 Å². The van der Waals surface area contributed by atoms with E-state index in [2.05, 4.69) is 36.5 Å². The molecule has 0 aliphatic rings. The lowest BCUT2D eigenvalue weighted by atomic mass is 10.1. The van der Waals surface area contributed by atoms with Crippen LogP contribution in [-0.2, 0) is 27.7 Å². The molecule has 0 fully saturated rings. The van der Waals surface area contributed by atoms with Crippen molar-refractivity contribution in [2.45, 2.75) is 46.1 Å². The zero-order valence-corrected chi connectivity index (χ0v) is 17.9. The van der Waals surface area contributed by atoms with Crippen molar-refractivity contribution in [3.05, 3.63) is 65.2 Å². The molecule has 0 radical (unpaired) electrons. The molecule has 0 heterocycles. The van der Waals surface area contributed by atoms with E-state index in [1.807, 2.05) is 19.1 Å². The minimum atomic E-state index is -3.59. The number of nitrogens with zero attached hydrogens (tertiary/aromatic N) is 1. The van der Waals surface area contributed by atoms with Crippen LogP contribution in [0.5, 0.6) is 0 Å². The van der Waals surface area contributed by atoms with Gasteiger partial charge in [0, 0.05) is 6.54 Å². The number of carbonyl (C=O) groups is 1. The molecule has 0 aliphatic heterocycles. The molecule has 1 amide bonds. The Morgan fingerprint density at radius 1 is 1.04 bits per heavy atom. The number of amides is 1. The summed E-state index contributed by atoms with van der Waals surface area (Å²) in [4.78, 5) is 12.6. The smallest absolute Gasteiger partial charge is 0.243 e. The van der Waals surface area contributed by atoms with Crippen LogP contribution in [0.2, 0.25) is 0 Å². The van der Waals surface area contributed by atoms with Crippen molar-refractivity contribution in [3.8, 4) is 0 Å². The maximum atomic E-state index is 12.6. The number of sulfonamides is 1. The molecule has 0 saturated carbocycles. The molecular formula is C22H30N2O3S. The van der Waals surface area contributed by atoms with Crippen LogP contribution in [0.1, 0.15) is 37.0 Å². The van der Waals surface area contributed by atoms with Crippen molar-refractivity contribution in [2.24, 2.45) is 0 Å². The largest absolute Gasteiger partial charge is 0.354 e. The summed E-state index contributed by atoms with van der Waals surface area (Å²) < 4.78 is 25.8. The fourth-order valence-corrected chi connectivity index (χ4v) is 4.27. The van der Waals surface area contributed by atoms with Gasteiger partial charge < -0.3 is 5.32 Å². The lowest BCUT2D eigenvalue weighted by molar-refractivity contribution is -0.121. The third-order valence-corrected chi connectivity index (χ3v) is 5.99. The first-order valence-corrected chi connectivity index (χ1v) is 11.5. The summed E-state index contributed by atoms with van der Waals surface area (Å²) in [6.07, 6.45) is 3.66. The summed E-state index contributed by atoms with van der Waals surface area (Å²) >= 11 is 0. The standard InChI is InChI=1S/C22H30N2O3S/c1-5-19-12-14-21(15-13-19)24(28(4,26)27)18(3)22(25)23-16-6-7-20-10-8-17(2)9-11-20/h8-15,18H,5-7,16H2,1-4H3,(H,23,25)/t18-/m1/s1. The van der Waals surface area contributed by atoms with E-state index in [1.54, 1.807) is 19.1 Å². The molecule has 28 heavy (non-hydrogen) atoms. The molecular weight excluding hydrogens is 372 g/mol. The van der Waals surface area contributed by atoms with Crippen molar-refractivity contribution in [1.82, 2.24) is 5.32 Å². The molecule has 0 unspecified atom stereocenters. The third-order valence-electron chi connectivity index (χ3n) is 4.75. The topological polar surface area (TPSA) is 66.5 Å². The van der Waals surface area contributed by atoms with E-state index in [4.69, 9.17) is 0 Å². The first-order valence-electron chi connectivity index (χ1n) is 9.64. The van der Waals surface area contributed by atoms with Gasteiger partial charge in [-0.2, -0.15) is 0 Å². The van der Waals surface area contributed by atoms with Crippen LogP contribution in [0.15, 0.2) is 48.5 Å². The van der Waals surface area contributed by atoms with Crippen LogP contribution in [0, 0.1) is 6.92 Å². The lowest BCUT2D eigenvalue weighted by Crippen LogP contribution is -2.48. The molecule has 2 rings (SSSR count). The molecule has 2 aromatic carbocycles. The van der Waals surface area contributed by atoms with Crippen LogP contribution in [-0.4, -0.2) is 33.2 Å². The van der Waals surface area contributed by atoms with Crippen LogP contribution in [0.3, 0.4) is 0 Å². The van der Waals surface area contributed by atoms with E-state index in [0.717, 1.165) is 31.1 Å². The zero-order valence-electron chi connectivity index (χ0n) is 17.1. The van der Waals surface area contributed by atoms with Crippen molar-refractivity contribution >= 4 is 21.6 Å². The van der Waals surface area contributed by atoms with Gasteiger partial charge in [-0.25, -0.2) is 8.42 Å². The van der Waals surface area contributed by atoms with Gasteiger partial charge in [0.05, 0.1) is 11.9 Å². The fourth-order valence-electron chi connectivity index (χ4n) is 3.09. The molecule has 1 N–H and O–H groups in total. The number of aryl methyl sites for hydroxylation is 3. The number of carbonyl (C=O) groups excluding carboxylic acids is 1. The summed E-state index contributed by atoms with van der Waals surface area (Å²) in [6, 6.07) is 14.8. The average Bonchev–Trinajstić information content (AvgIpc) is 2.66. The maximum absolute atomic E-state index is 12.6. The SMILES string of the molecule is CCc1ccc(N([C@H](C)C(=O)NCCCc2ccc(C)cc2)S(C)(=O)=O)cc1. The van der Waals surface area contributed by atoms with Crippen molar-refractivity contribution in [3.63, 3.8) is 0 Å². The normalized spacial score (nSPS) is 12.4. The van der Waals surface area contributed by atoms with Crippen molar-refractivity contribution < 1.29 is 13.2 Å². The third kappa shape index (κ3) is 6.09. The van der Waals surface area contributed by atoms with Crippen LogP contribution >= 0.6 is 0 Å². The van der Waals surface area contributed by atoms with E-state index in [1.165, 1.54) is 15.4 Å². The first-order chi connectivity index (χ1) is 13.2. The van der Waals surface area contributed by atoms with Crippen molar-refractivity contribution in [2.75, 3.05) is 17.1 Å². The molecule has 0 bridgehead atoms. The van der Waals surface area contributed by atoms with Gasteiger partial charge in [0.2, 0.25) is 15.9 Å². The Labute approximate surface area is 168 Å². The lowest BCUT2D eigenvalue weighted by Gasteiger charge is -2.28. The highest BCUT2D eigenvalue weighted by Gasteiger charge is 2.28. The monoisotopic (exact) mass is 402 g/mol. The predicted octanol–water partition coefficient (Wildman–Crippen LogP) is 3.46. The van der Waals surface area contributed by atoms with Gasteiger partial charge in [0.1, 0.15) is 6.04 Å². The Kier molecular flexibility index (Phi) is 7.63. The molecule has 0 aliphatic carbocycles. The average molecular weight is 403 g/mol. The molecule has 0 aromatic heterocycles. The number of hydrogen-bond donors (Lipinski definition) is 1. The summed E-state index contributed by atoms with van der Waals surface area (Å²) in [7, 11) is -3.59. The molecule has 5 nitrogen and oxygen atoms in total. The van der Waals surface area contributed by atoms with Crippen LogP contribution in [0.25, 0.3) is 0 Å². The second-order valence-electron chi connectivity index (χ2n) is 7.13. The Morgan fingerprint density at radius 2 is 1.61 bits per heavy atom. The second kappa shape index (κ2) is 9.73. The summed E-state index contributed by atoms with van der Waals surface area (Å²) in [5.74, 6) is -0.297. The number of hydrogen-bond acceptors (Lipinski definition) is 3. The van der Waals surface area contributed by atoms with Gasteiger partial charge in [0.15, 0.2) is 0 Å². The molecule has 152 valence electrons. The number of benzene rings is 2. The highest BCUT2D eigenvalue weighted by molar-refractivity contribution is 7.92. The van der Waals surface area contributed by atoms with E-state index in [9.17, 15) is 13.2 Å². The quantitative estimate of drug-likeness (QED) is 0.653. The van der Waals surface area contributed by atoms with E-state index in [0.29, 0.717) is 12.2 Å². The Morgan fingerprint density at radius 3 is 2.14 bits per heavy atom. The highest BCUT2D eigenvalue weighted by Crippen LogP contribution is 2.21. The predicted molar refractivity (Wildman–Crippen MR) is 115 cm³/mol.